The van der Waals surface area contributed by atoms with E-state index in [-0.39, 0.29) is 24.3 Å². The summed E-state index contributed by atoms with van der Waals surface area (Å²) in [7, 11) is 0. The summed E-state index contributed by atoms with van der Waals surface area (Å²) >= 11 is 1.44. The van der Waals surface area contributed by atoms with E-state index in [9.17, 15) is 9.59 Å². The molecule has 1 amide bonds. The number of hydrogen-bond donors (Lipinski definition) is 2. The van der Waals surface area contributed by atoms with Crippen molar-refractivity contribution in [2.45, 2.75) is 38.1 Å². The number of carbonyl (C=O) groups is 2. The summed E-state index contributed by atoms with van der Waals surface area (Å²) < 4.78 is 0. The van der Waals surface area contributed by atoms with Gasteiger partial charge in [-0.1, -0.05) is 6.07 Å². The summed E-state index contributed by atoms with van der Waals surface area (Å²) in [6.45, 7) is 0. The highest BCUT2D eigenvalue weighted by Gasteiger charge is 2.24. The average molecular weight is 267 g/mol. The molecule has 0 spiro atoms. The molecule has 1 aromatic rings. The first-order chi connectivity index (χ1) is 8.65. The maximum Gasteiger partial charge on any atom is 0.303 e. The van der Waals surface area contributed by atoms with Gasteiger partial charge in [-0.25, -0.2) is 0 Å². The second kappa shape index (κ2) is 6.00. The predicted molar refractivity (Wildman–Crippen MR) is 69.8 cm³/mol. The molecule has 1 aliphatic rings. The molecule has 0 aliphatic heterocycles. The summed E-state index contributed by atoms with van der Waals surface area (Å²) in [5, 5.41) is 13.6. The van der Waals surface area contributed by atoms with E-state index in [1.165, 1.54) is 11.3 Å². The van der Waals surface area contributed by atoms with E-state index >= 15 is 0 Å². The lowest BCUT2D eigenvalue weighted by atomic mass is 9.84. The summed E-state index contributed by atoms with van der Waals surface area (Å²) in [6, 6.07) is 3.88. The highest BCUT2D eigenvalue weighted by atomic mass is 32.1. The van der Waals surface area contributed by atoms with E-state index in [1.54, 1.807) is 0 Å². The smallest absolute Gasteiger partial charge is 0.303 e. The van der Waals surface area contributed by atoms with Crippen molar-refractivity contribution in [3.05, 3.63) is 22.4 Å². The van der Waals surface area contributed by atoms with Crippen LogP contribution in [0.2, 0.25) is 0 Å². The van der Waals surface area contributed by atoms with E-state index in [0.717, 1.165) is 30.6 Å². The first kappa shape index (κ1) is 13.1. The van der Waals surface area contributed by atoms with Gasteiger partial charge < -0.3 is 10.4 Å². The first-order valence-electron chi connectivity index (χ1n) is 6.21. The van der Waals surface area contributed by atoms with Crippen molar-refractivity contribution in [1.29, 1.82) is 0 Å². The third-order valence-electron chi connectivity index (χ3n) is 3.39. The van der Waals surface area contributed by atoms with Crippen molar-refractivity contribution in [2.75, 3.05) is 0 Å². The zero-order chi connectivity index (χ0) is 13.0. The van der Waals surface area contributed by atoms with Crippen molar-refractivity contribution < 1.29 is 14.7 Å². The third kappa shape index (κ3) is 3.57. The minimum atomic E-state index is -0.721. The Morgan fingerprint density at radius 1 is 1.33 bits per heavy atom. The van der Waals surface area contributed by atoms with Crippen molar-refractivity contribution in [3.8, 4) is 0 Å². The Morgan fingerprint density at radius 3 is 2.61 bits per heavy atom. The molecule has 0 radical (unpaired) electrons. The van der Waals surface area contributed by atoms with Gasteiger partial charge in [0.2, 0.25) is 0 Å². The molecule has 2 rings (SSSR count). The highest BCUT2D eigenvalue weighted by Crippen LogP contribution is 2.27. The van der Waals surface area contributed by atoms with Crippen LogP contribution in [0.5, 0.6) is 0 Å². The number of carboxylic acids is 1. The topological polar surface area (TPSA) is 66.4 Å². The number of rotatable bonds is 4. The molecule has 1 fully saturated rings. The summed E-state index contributed by atoms with van der Waals surface area (Å²) in [5.41, 5.74) is 0. The van der Waals surface area contributed by atoms with Crippen LogP contribution >= 0.6 is 11.3 Å². The molecule has 1 heterocycles. The van der Waals surface area contributed by atoms with E-state index in [0.29, 0.717) is 0 Å². The Labute approximate surface area is 110 Å². The minimum Gasteiger partial charge on any atom is -0.481 e. The van der Waals surface area contributed by atoms with Gasteiger partial charge in [-0.15, -0.1) is 11.3 Å². The van der Waals surface area contributed by atoms with Crippen LogP contribution in [0.4, 0.5) is 0 Å². The Kier molecular flexibility index (Phi) is 4.36. The molecule has 0 unspecified atom stereocenters. The average Bonchev–Trinajstić information content (AvgIpc) is 2.84. The van der Waals surface area contributed by atoms with Gasteiger partial charge in [-0.2, -0.15) is 0 Å². The van der Waals surface area contributed by atoms with Gasteiger partial charge in [0.1, 0.15) is 0 Å². The maximum absolute atomic E-state index is 11.8. The number of aliphatic carboxylic acids is 1. The van der Waals surface area contributed by atoms with Crippen molar-refractivity contribution in [1.82, 2.24) is 5.32 Å². The molecular formula is C13H17NO3S. The maximum atomic E-state index is 11.8. The molecular weight excluding hydrogens is 250 g/mol. The van der Waals surface area contributed by atoms with Crippen molar-refractivity contribution >= 4 is 23.2 Å². The molecule has 4 nitrogen and oxygen atoms in total. The number of carbonyl (C=O) groups excluding carboxylic acids is 1. The molecule has 0 saturated heterocycles. The number of hydrogen-bond acceptors (Lipinski definition) is 3. The number of nitrogens with one attached hydrogen (secondary N) is 1. The van der Waals surface area contributed by atoms with Crippen LogP contribution in [0, 0.1) is 5.92 Å². The number of carboxylic acid groups (broad SMARTS) is 1. The molecule has 0 aromatic carbocycles. The Balaban J connectivity index is 1.77. The van der Waals surface area contributed by atoms with Crippen molar-refractivity contribution in [2.24, 2.45) is 5.92 Å². The Morgan fingerprint density at radius 2 is 2.06 bits per heavy atom. The monoisotopic (exact) mass is 267 g/mol. The van der Waals surface area contributed by atoms with Gasteiger partial charge in [0.05, 0.1) is 4.88 Å². The van der Waals surface area contributed by atoms with Crippen LogP contribution in [0.25, 0.3) is 0 Å². The molecule has 0 atom stereocenters. The second-order valence-corrected chi connectivity index (χ2v) is 5.71. The molecule has 0 bridgehead atoms. The van der Waals surface area contributed by atoms with Gasteiger partial charge in [-0.3, -0.25) is 9.59 Å². The zero-order valence-corrected chi connectivity index (χ0v) is 10.9. The fraction of sp³-hybridized carbons (Fsp3) is 0.538. The van der Waals surface area contributed by atoms with E-state index in [1.807, 2.05) is 17.5 Å². The number of thiophene rings is 1. The molecule has 1 saturated carbocycles. The largest absolute Gasteiger partial charge is 0.481 e. The van der Waals surface area contributed by atoms with Crippen LogP contribution in [0.1, 0.15) is 41.8 Å². The minimum absolute atomic E-state index is 0.00770. The van der Waals surface area contributed by atoms with Gasteiger partial charge in [0.15, 0.2) is 0 Å². The van der Waals surface area contributed by atoms with E-state index in [4.69, 9.17) is 5.11 Å². The summed E-state index contributed by atoms with van der Waals surface area (Å²) in [4.78, 5) is 23.2. The third-order valence-corrected chi connectivity index (χ3v) is 4.26. The van der Waals surface area contributed by atoms with E-state index < -0.39 is 5.97 Å². The van der Waals surface area contributed by atoms with Gasteiger partial charge in [-0.05, 0) is 43.0 Å². The SMILES string of the molecule is O=C(O)CC1CCC(NC(=O)c2cccs2)CC1. The van der Waals surface area contributed by atoms with Crippen LogP contribution in [0.3, 0.4) is 0 Å². The summed E-state index contributed by atoms with van der Waals surface area (Å²) in [5.74, 6) is -0.454. The number of amides is 1. The lowest BCUT2D eigenvalue weighted by Crippen LogP contribution is -2.37. The van der Waals surface area contributed by atoms with Crippen LogP contribution in [-0.4, -0.2) is 23.0 Å². The van der Waals surface area contributed by atoms with Gasteiger partial charge >= 0.3 is 5.97 Å². The molecule has 5 heteroatoms. The summed E-state index contributed by atoms with van der Waals surface area (Å²) in [6.07, 6.45) is 3.80. The lowest BCUT2D eigenvalue weighted by molar-refractivity contribution is -0.138. The second-order valence-electron chi connectivity index (χ2n) is 4.77. The van der Waals surface area contributed by atoms with Crippen LogP contribution < -0.4 is 5.32 Å². The Hall–Kier alpha value is -1.36. The standard InChI is InChI=1S/C13H17NO3S/c15-12(16)8-9-3-5-10(6-4-9)14-13(17)11-2-1-7-18-11/h1-2,7,9-10H,3-6,8H2,(H,14,17)(H,15,16). The molecule has 2 N–H and O–H groups in total. The highest BCUT2D eigenvalue weighted by molar-refractivity contribution is 7.12. The zero-order valence-electron chi connectivity index (χ0n) is 10.1. The lowest BCUT2D eigenvalue weighted by Gasteiger charge is -2.28. The molecule has 98 valence electrons. The predicted octanol–water partition coefficient (Wildman–Crippen LogP) is 2.51. The molecule has 18 heavy (non-hydrogen) atoms. The van der Waals surface area contributed by atoms with Crippen LogP contribution in [0.15, 0.2) is 17.5 Å². The quantitative estimate of drug-likeness (QED) is 0.881. The molecule has 1 aromatic heterocycles. The van der Waals surface area contributed by atoms with Gasteiger partial charge in [0.25, 0.3) is 5.91 Å². The van der Waals surface area contributed by atoms with Crippen LogP contribution in [-0.2, 0) is 4.79 Å². The fourth-order valence-corrected chi connectivity index (χ4v) is 3.05. The molecule has 1 aliphatic carbocycles. The fourth-order valence-electron chi connectivity index (χ4n) is 2.42. The van der Waals surface area contributed by atoms with E-state index in [2.05, 4.69) is 5.32 Å². The normalized spacial score (nSPS) is 23.6. The van der Waals surface area contributed by atoms with Gasteiger partial charge in [0, 0.05) is 12.5 Å². The van der Waals surface area contributed by atoms with Crippen molar-refractivity contribution in [3.63, 3.8) is 0 Å². The first-order valence-corrected chi connectivity index (χ1v) is 7.09. The Bertz CT molecular complexity index is 408.